The van der Waals surface area contributed by atoms with E-state index < -0.39 is 48.9 Å². The number of carboxylic acid groups (broad SMARTS) is 1. The van der Waals surface area contributed by atoms with Crippen molar-refractivity contribution in [3.63, 3.8) is 0 Å². The molecule has 1 saturated heterocycles. The van der Waals surface area contributed by atoms with E-state index in [-0.39, 0.29) is 37.5 Å². The van der Waals surface area contributed by atoms with Crippen LogP contribution in [0.25, 0.3) is 11.6 Å². The Morgan fingerprint density at radius 1 is 1.09 bits per heavy atom. The van der Waals surface area contributed by atoms with E-state index in [1.807, 2.05) is 18.2 Å². The average molecular weight is 613 g/mol. The largest absolute Gasteiger partial charge is 0.508 e. The van der Waals surface area contributed by atoms with Crippen LogP contribution < -0.4 is 0 Å². The third-order valence-corrected chi connectivity index (χ3v) is 8.62. The Labute approximate surface area is 254 Å². The number of halogens is 1. The Morgan fingerprint density at radius 3 is 2.53 bits per heavy atom. The van der Waals surface area contributed by atoms with Crippen LogP contribution in [0.3, 0.4) is 0 Å². The number of aromatic nitrogens is 1. The molecule has 230 valence electrons. The second-order valence-electron chi connectivity index (χ2n) is 11.0. The zero-order valence-corrected chi connectivity index (χ0v) is 24.5. The van der Waals surface area contributed by atoms with E-state index in [1.54, 1.807) is 18.3 Å². The fraction of sp³-hybridized carbons (Fsp3) is 0.438. The predicted octanol–water partition coefficient (Wildman–Crippen LogP) is 3.67. The van der Waals surface area contributed by atoms with E-state index in [0.29, 0.717) is 53.1 Å². The minimum Gasteiger partial charge on any atom is -0.508 e. The molecule has 2 aliphatic rings. The summed E-state index contributed by atoms with van der Waals surface area (Å²) in [5, 5.41) is 51.1. The van der Waals surface area contributed by atoms with Crippen LogP contribution in [-0.4, -0.2) is 79.1 Å². The zero-order valence-electron chi connectivity index (χ0n) is 23.7. The predicted molar refractivity (Wildman–Crippen MR) is 160 cm³/mol. The molecule has 0 radical (unpaired) electrons. The molecule has 0 spiro atoms. The molecule has 5 N–H and O–H groups in total. The molecule has 2 aromatic rings. The monoisotopic (exact) mass is 612 g/mol. The maximum absolute atomic E-state index is 13.5. The first kappa shape index (κ1) is 32.3. The van der Waals surface area contributed by atoms with Gasteiger partial charge in [0.15, 0.2) is 0 Å². The number of unbranched alkanes of at least 4 members (excludes halogenated alkanes) is 2. The lowest BCUT2D eigenvalue weighted by Gasteiger charge is -2.36. The number of phenols is 1. The number of fused-ring (bicyclic) bond motifs is 1. The van der Waals surface area contributed by atoms with Gasteiger partial charge in [0.25, 0.3) is 0 Å². The minimum atomic E-state index is -1.12. The van der Waals surface area contributed by atoms with Gasteiger partial charge in [-0.15, -0.1) is 0 Å². The first-order valence-corrected chi connectivity index (χ1v) is 14.8. The van der Waals surface area contributed by atoms with Gasteiger partial charge >= 0.3 is 5.97 Å². The summed E-state index contributed by atoms with van der Waals surface area (Å²) in [4.78, 5) is 43.1. The summed E-state index contributed by atoms with van der Waals surface area (Å²) in [6, 6.07) is 10.1. The van der Waals surface area contributed by atoms with E-state index in [9.17, 15) is 34.8 Å². The Bertz CT molecular complexity index is 1390. The van der Waals surface area contributed by atoms with Gasteiger partial charge in [0.05, 0.1) is 41.9 Å². The SMILES string of the molecule is O=C(O)CCCCCN1C(=O)[C@@H]2[C@@H](CC(CO)=C([C@H](O)CC/C(=C/c3ccc(O)cc3Cl)c3ccccn3)[C@@H]2CO)C1=O. The highest BCUT2D eigenvalue weighted by atomic mass is 35.5. The van der Waals surface area contributed by atoms with Crippen LogP contribution in [0.15, 0.2) is 53.7 Å². The molecule has 0 saturated carbocycles. The number of imide groups is 1. The van der Waals surface area contributed by atoms with Crippen molar-refractivity contribution >= 4 is 41.0 Å². The Balaban J connectivity index is 1.54. The molecular weight excluding hydrogens is 576 g/mol. The second kappa shape index (κ2) is 14.7. The van der Waals surface area contributed by atoms with Crippen LogP contribution in [0.4, 0.5) is 0 Å². The number of benzene rings is 1. The van der Waals surface area contributed by atoms with Crippen molar-refractivity contribution in [2.24, 2.45) is 17.8 Å². The molecule has 11 heteroatoms. The number of hydrogen-bond donors (Lipinski definition) is 5. The maximum Gasteiger partial charge on any atom is 0.303 e. The van der Waals surface area contributed by atoms with Gasteiger partial charge in [0.2, 0.25) is 11.8 Å². The lowest BCUT2D eigenvalue weighted by Crippen LogP contribution is -2.39. The van der Waals surface area contributed by atoms with Gasteiger partial charge in [-0.25, -0.2) is 0 Å². The highest BCUT2D eigenvalue weighted by Gasteiger charge is 2.54. The standard InChI is InChI=1S/C32H37ClN2O8/c33-25-16-22(38)10-8-19(25)14-20(26-6-3-4-12-34-26)9-11-27(39)29-21(17-36)15-23-30(24(29)18-37)32(43)35(31(23)42)13-5-1-2-7-28(40)41/h3-4,6,8,10,12,14,16,23-24,27,30,36-39H,1-2,5,7,9,11,13,15,17-18H2,(H,40,41)/b20-14-/t23-,24+,27-,30-/m1/s1. The quantitative estimate of drug-likeness (QED) is 0.121. The number of aliphatic hydroxyl groups is 3. The number of nitrogens with zero attached hydrogens (tertiary/aromatic N) is 2. The molecule has 1 aromatic carbocycles. The number of allylic oxidation sites excluding steroid dienone is 1. The van der Waals surface area contributed by atoms with Crippen LogP contribution in [-0.2, 0) is 14.4 Å². The third-order valence-electron chi connectivity index (χ3n) is 8.29. The van der Waals surface area contributed by atoms with Crippen molar-refractivity contribution in [2.75, 3.05) is 19.8 Å². The van der Waals surface area contributed by atoms with Crippen molar-refractivity contribution in [1.82, 2.24) is 9.88 Å². The molecule has 4 atom stereocenters. The summed E-state index contributed by atoms with van der Waals surface area (Å²) in [5.41, 5.74) is 2.90. The number of hydrogen-bond acceptors (Lipinski definition) is 8. The number of carbonyl (C=O) groups excluding carboxylic acids is 2. The number of carboxylic acids is 1. The molecule has 4 rings (SSSR count). The third kappa shape index (κ3) is 7.51. The first-order valence-electron chi connectivity index (χ1n) is 14.4. The molecule has 0 unspecified atom stereocenters. The summed E-state index contributed by atoms with van der Waals surface area (Å²) in [7, 11) is 0. The van der Waals surface area contributed by atoms with Crippen LogP contribution >= 0.6 is 11.6 Å². The van der Waals surface area contributed by atoms with Gasteiger partial charge < -0.3 is 25.5 Å². The first-order chi connectivity index (χ1) is 20.7. The van der Waals surface area contributed by atoms with Crippen LogP contribution in [0.2, 0.25) is 5.02 Å². The van der Waals surface area contributed by atoms with Gasteiger partial charge in [-0.3, -0.25) is 24.3 Å². The van der Waals surface area contributed by atoms with Gasteiger partial charge in [-0.1, -0.05) is 24.1 Å². The fourth-order valence-corrected chi connectivity index (χ4v) is 6.44. The highest BCUT2D eigenvalue weighted by Crippen LogP contribution is 2.46. The van der Waals surface area contributed by atoms with E-state index >= 15 is 0 Å². The number of aliphatic carboxylic acids is 1. The van der Waals surface area contributed by atoms with E-state index in [1.165, 1.54) is 17.0 Å². The van der Waals surface area contributed by atoms with Crippen LogP contribution in [0.1, 0.15) is 56.2 Å². The number of aromatic hydroxyl groups is 1. The average Bonchev–Trinajstić information content (AvgIpc) is 3.23. The fourth-order valence-electron chi connectivity index (χ4n) is 6.21. The molecule has 1 fully saturated rings. The molecular formula is C32H37ClN2O8. The topological polar surface area (TPSA) is 168 Å². The molecule has 2 heterocycles. The molecule has 0 bridgehead atoms. The summed E-state index contributed by atoms with van der Waals surface area (Å²) in [6.07, 6.45) is 4.46. The van der Waals surface area contributed by atoms with E-state index in [2.05, 4.69) is 4.98 Å². The molecule has 10 nitrogen and oxygen atoms in total. The summed E-state index contributed by atoms with van der Waals surface area (Å²) in [6.45, 7) is -0.740. The highest BCUT2D eigenvalue weighted by molar-refractivity contribution is 6.32. The lowest BCUT2D eigenvalue weighted by molar-refractivity contribution is -0.141. The number of pyridine rings is 1. The number of likely N-dealkylation sites (tertiary alicyclic amines) is 1. The Hall–Kier alpha value is -3.57. The normalized spacial score (nSPS) is 21.3. The van der Waals surface area contributed by atoms with Gasteiger partial charge in [0.1, 0.15) is 5.75 Å². The lowest BCUT2D eigenvalue weighted by atomic mass is 9.68. The van der Waals surface area contributed by atoms with Gasteiger partial charge in [-0.05, 0) is 90.8 Å². The molecule has 1 aromatic heterocycles. The molecule has 43 heavy (non-hydrogen) atoms. The summed E-state index contributed by atoms with van der Waals surface area (Å²) < 4.78 is 0. The van der Waals surface area contributed by atoms with Crippen LogP contribution in [0.5, 0.6) is 5.75 Å². The van der Waals surface area contributed by atoms with Crippen molar-refractivity contribution in [1.29, 1.82) is 0 Å². The number of rotatable bonds is 14. The van der Waals surface area contributed by atoms with Gasteiger partial charge in [0, 0.05) is 25.1 Å². The Kier molecular flexibility index (Phi) is 11.1. The summed E-state index contributed by atoms with van der Waals surface area (Å²) >= 11 is 6.35. The smallest absolute Gasteiger partial charge is 0.303 e. The molecule has 1 aliphatic heterocycles. The molecule has 2 amide bonds. The summed E-state index contributed by atoms with van der Waals surface area (Å²) in [5.74, 6) is -4.06. The zero-order chi connectivity index (χ0) is 31.1. The van der Waals surface area contributed by atoms with Gasteiger partial charge in [-0.2, -0.15) is 0 Å². The van der Waals surface area contributed by atoms with Crippen LogP contribution in [0, 0.1) is 17.8 Å². The second-order valence-corrected chi connectivity index (χ2v) is 11.4. The minimum absolute atomic E-state index is 0.0178. The van der Waals surface area contributed by atoms with Crippen molar-refractivity contribution in [3.05, 3.63) is 70.0 Å². The molecule has 1 aliphatic carbocycles. The maximum atomic E-state index is 13.5. The Morgan fingerprint density at radius 2 is 1.88 bits per heavy atom. The van der Waals surface area contributed by atoms with Crippen molar-refractivity contribution in [2.45, 2.75) is 51.0 Å². The van der Waals surface area contributed by atoms with Crippen molar-refractivity contribution < 1.29 is 39.9 Å². The number of phenolic OH excluding ortho intramolecular Hbond substituents is 1. The van der Waals surface area contributed by atoms with Crippen molar-refractivity contribution in [3.8, 4) is 5.75 Å². The van der Waals surface area contributed by atoms with E-state index in [4.69, 9.17) is 16.7 Å². The number of aliphatic hydroxyl groups excluding tert-OH is 3. The number of amides is 2. The van der Waals surface area contributed by atoms with E-state index in [0.717, 1.165) is 5.57 Å². The number of carbonyl (C=O) groups is 3.